The van der Waals surface area contributed by atoms with E-state index in [9.17, 15) is 14.0 Å². The van der Waals surface area contributed by atoms with Gasteiger partial charge in [0.2, 0.25) is 11.7 Å². The second-order valence-corrected chi connectivity index (χ2v) is 6.84. The number of carbonyl (C=O) groups excluding carboxylic acids is 2. The van der Waals surface area contributed by atoms with Crippen molar-refractivity contribution in [2.24, 2.45) is 0 Å². The number of anilines is 2. The Bertz CT molecular complexity index is 1250. The first-order chi connectivity index (χ1) is 15.0. The summed E-state index contributed by atoms with van der Waals surface area (Å²) in [6.07, 6.45) is 0.0245. The fourth-order valence-corrected chi connectivity index (χ4v) is 3.19. The molecule has 4 aromatic rings. The van der Waals surface area contributed by atoms with Crippen LogP contribution in [0.3, 0.4) is 0 Å². The van der Waals surface area contributed by atoms with Crippen LogP contribution in [0, 0.1) is 5.82 Å². The molecular weight excluding hydrogens is 399 g/mol. The number of nitrogens with one attached hydrogen (secondary N) is 2. The molecule has 1 heterocycles. The molecule has 0 fully saturated rings. The lowest BCUT2D eigenvalue weighted by molar-refractivity contribution is -0.115. The molecule has 0 aliphatic rings. The van der Waals surface area contributed by atoms with E-state index in [1.54, 1.807) is 60.7 Å². The van der Waals surface area contributed by atoms with Crippen molar-refractivity contribution in [1.82, 2.24) is 0 Å². The molecule has 2 N–H and O–H groups in total. The van der Waals surface area contributed by atoms with Gasteiger partial charge >= 0.3 is 0 Å². The Morgan fingerprint density at radius 1 is 0.968 bits per heavy atom. The highest BCUT2D eigenvalue weighted by Gasteiger charge is 2.22. The van der Waals surface area contributed by atoms with Crippen molar-refractivity contribution in [2.45, 2.75) is 6.42 Å². The second kappa shape index (κ2) is 8.71. The van der Waals surface area contributed by atoms with Crippen LogP contribution < -0.4 is 15.4 Å². The smallest absolute Gasteiger partial charge is 0.293 e. The van der Waals surface area contributed by atoms with Crippen LogP contribution >= 0.6 is 0 Å². The van der Waals surface area contributed by atoms with Crippen molar-refractivity contribution < 1.29 is 23.1 Å². The quantitative estimate of drug-likeness (QED) is 0.461. The number of halogens is 1. The summed E-state index contributed by atoms with van der Waals surface area (Å²) in [7, 11) is 1.54. The predicted octanol–water partition coefficient (Wildman–Crippen LogP) is 5.01. The molecule has 0 atom stereocenters. The number of rotatable bonds is 6. The molecule has 0 saturated heterocycles. The monoisotopic (exact) mass is 418 g/mol. The summed E-state index contributed by atoms with van der Waals surface area (Å²) in [5.74, 6) is -0.664. The van der Waals surface area contributed by atoms with E-state index in [2.05, 4.69) is 10.6 Å². The molecule has 7 heteroatoms. The van der Waals surface area contributed by atoms with Crippen molar-refractivity contribution in [3.8, 4) is 5.75 Å². The van der Waals surface area contributed by atoms with Gasteiger partial charge in [0, 0.05) is 17.1 Å². The molecule has 6 nitrogen and oxygen atoms in total. The Balaban J connectivity index is 1.61. The number of hydrogen-bond donors (Lipinski definition) is 2. The lowest BCUT2D eigenvalue weighted by Gasteiger charge is -2.08. The van der Waals surface area contributed by atoms with Crippen LogP contribution in [0.25, 0.3) is 11.0 Å². The Morgan fingerprint density at radius 2 is 1.74 bits per heavy atom. The van der Waals surface area contributed by atoms with Gasteiger partial charge in [-0.25, -0.2) is 4.39 Å². The highest BCUT2D eigenvalue weighted by atomic mass is 19.1. The Hall–Kier alpha value is -4.13. The fraction of sp³-hybridized carbons (Fsp3) is 0.0833. The van der Waals surface area contributed by atoms with E-state index in [1.807, 2.05) is 0 Å². The minimum absolute atomic E-state index is 0.0172. The number of amides is 2. The summed E-state index contributed by atoms with van der Waals surface area (Å²) in [4.78, 5) is 25.6. The van der Waals surface area contributed by atoms with Gasteiger partial charge < -0.3 is 19.8 Å². The SMILES string of the molecule is COc1cccc(NC(=O)c2oc3ccccc3c2NC(=O)Cc2ccc(F)cc2)c1. The second-order valence-electron chi connectivity index (χ2n) is 6.84. The van der Waals surface area contributed by atoms with E-state index in [1.165, 1.54) is 19.2 Å². The molecule has 0 bridgehead atoms. The minimum Gasteiger partial charge on any atom is -0.497 e. The molecule has 31 heavy (non-hydrogen) atoms. The zero-order chi connectivity index (χ0) is 21.8. The number of benzene rings is 3. The van der Waals surface area contributed by atoms with Crippen molar-refractivity contribution in [1.29, 1.82) is 0 Å². The molecule has 0 aliphatic heterocycles. The molecule has 0 spiro atoms. The van der Waals surface area contributed by atoms with Crippen LogP contribution in [-0.4, -0.2) is 18.9 Å². The van der Waals surface area contributed by atoms with Gasteiger partial charge in [-0.3, -0.25) is 9.59 Å². The van der Waals surface area contributed by atoms with Crippen molar-refractivity contribution in [3.05, 3.63) is 89.9 Å². The Kier molecular flexibility index (Phi) is 5.66. The third-order valence-electron chi connectivity index (χ3n) is 4.67. The van der Waals surface area contributed by atoms with Crippen molar-refractivity contribution in [2.75, 3.05) is 17.7 Å². The van der Waals surface area contributed by atoms with Crippen LogP contribution in [0.5, 0.6) is 5.75 Å². The minimum atomic E-state index is -0.512. The molecule has 0 saturated carbocycles. The highest BCUT2D eigenvalue weighted by Crippen LogP contribution is 2.32. The third-order valence-corrected chi connectivity index (χ3v) is 4.67. The Morgan fingerprint density at radius 3 is 2.52 bits per heavy atom. The summed E-state index contributed by atoms with van der Waals surface area (Å²) >= 11 is 0. The van der Waals surface area contributed by atoms with Crippen LogP contribution in [0.15, 0.2) is 77.2 Å². The fourth-order valence-electron chi connectivity index (χ4n) is 3.19. The summed E-state index contributed by atoms with van der Waals surface area (Å²) in [6, 6.07) is 19.6. The van der Waals surface area contributed by atoms with Crippen molar-refractivity contribution in [3.63, 3.8) is 0 Å². The van der Waals surface area contributed by atoms with E-state index in [4.69, 9.17) is 9.15 Å². The first-order valence-corrected chi connectivity index (χ1v) is 9.55. The first-order valence-electron chi connectivity index (χ1n) is 9.55. The van der Waals surface area contributed by atoms with Gasteiger partial charge in [0.05, 0.1) is 13.5 Å². The molecular formula is C24H19FN2O4. The van der Waals surface area contributed by atoms with E-state index in [0.717, 1.165) is 0 Å². The van der Waals surface area contributed by atoms with Gasteiger partial charge in [-0.2, -0.15) is 0 Å². The van der Waals surface area contributed by atoms with Gasteiger partial charge in [0.25, 0.3) is 5.91 Å². The molecule has 1 aromatic heterocycles. The van der Waals surface area contributed by atoms with Gasteiger partial charge in [-0.1, -0.05) is 30.3 Å². The first kappa shape index (κ1) is 20.2. The maximum absolute atomic E-state index is 13.1. The number of carbonyl (C=O) groups is 2. The predicted molar refractivity (Wildman–Crippen MR) is 116 cm³/mol. The average molecular weight is 418 g/mol. The number of ether oxygens (including phenoxy) is 1. The number of hydrogen-bond acceptors (Lipinski definition) is 4. The van der Waals surface area contributed by atoms with Gasteiger partial charge in [0.15, 0.2) is 0 Å². The molecule has 0 aliphatic carbocycles. The topological polar surface area (TPSA) is 80.6 Å². The number of furan rings is 1. The van der Waals surface area contributed by atoms with Crippen LogP contribution in [-0.2, 0) is 11.2 Å². The summed E-state index contributed by atoms with van der Waals surface area (Å²) < 4.78 is 24.0. The number of methoxy groups -OCH3 is 1. The summed E-state index contributed by atoms with van der Waals surface area (Å²) in [6.45, 7) is 0. The Labute approximate surface area is 177 Å². The summed E-state index contributed by atoms with van der Waals surface area (Å²) in [5, 5.41) is 6.13. The average Bonchev–Trinajstić information content (AvgIpc) is 3.14. The maximum atomic E-state index is 13.1. The molecule has 156 valence electrons. The van der Waals surface area contributed by atoms with Gasteiger partial charge in [-0.05, 0) is 42.0 Å². The molecule has 0 radical (unpaired) electrons. The van der Waals surface area contributed by atoms with Crippen molar-refractivity contribution >= 4 is 34.2 Å². The normalized spacial score (nSPS) is 10.6. The molecule has 2 amide bonds. The van der Waals surface area contributed by atoms with E-state index < -0.39 is 5.91 Å². The zero-order valence-electron chi connectivity index (χ0n) is 16.6. The summed E-state index contributed by atoms with van der Waals surface area (Å²) in [5.41, 5.74) is 1.92. The molecule has 0 unspecified atom stereocenters. The lowest BCUT2D eigenvalue weighted by Crippen LogP contribution is -2.18. The van der Waals surface area contributed by atoms with Crippen LogP contribution in [0.1, 0.15) is 16.1 Å². The third kappa shape index (κ3) is 4.56. The molecule has 3 aromatic carbocycles. The van der Waals surface area contributed by atoms with Crippen LogP contribution in [0.4, 0.5) is 15.8 Å². The van der Waals surface area contributed by atoms with Gasteiger partial charge in [-0.15, -0.1) is 0 Å². The number of para-hydroxylation sites is 1. The van der Waals surface area contributed by atoms with Crippen LogP contribution in [0.2, 0.25) is 0 Å². The van der Waals surface area contributed by atoms with Gasteiger partial charge in [0.1, 0.15) is 22.8 Å². The van der Waals surface area contributed by atoms with E-state index in [0.29, 0.717) is 28.0 Å². The maximum Gasteiger partial charge on any atom is 0.293 e. The lowest BCUT2D eigenvalue weighted by atomic mass is 10.1. The zero-order valence-corrected chi connectivity index (χ0v) is 16.6. The molecule has 4 rings (SSSR count). The number of fused-ring (bicyclic) bond motifs is 1. The standard InChI is InChI=1S/C24H19FN2O4/c1-30-18-6-4-5-17(14-18)26-24(29)23-22(19-7-2-3-8-20(19)31-23)27-21(28)13-15-9-11-16(25)12-10-15/h2-12,14H,13H2,1H3,(H,26,29)(H,27,28). The van der Waals surface area contributed by atoms with E-state index in [-0.39, 0.29) is 29.6 Å². The largest absolute Gasteiger partial charge is 0.497 e. The van der Waals surface area contributed by atoms with E-state index >= 15 is 0 Å². The highest BCUT2D eigenvalue weighted by molar-refractivity contribution is 6.14.